The second-order valence-electron chi connectivity index (χ2n) is 8.69. The van der Waals surface area contributed by atoms with Crippen molar-refractivity contribution in [2.24, 2.45) is 5.41 Å². The molecule has 1 aliphatic carbocycles. The molecule has 0 saturated heterocycles. The summed E-state index contributed by atoms with van der Waals surface area (Å²) in [4.78, 5) is 12.8. The Balaban J connectivity index is 0.00000280. The quantitative estimate of drug-likeness (QED) is 0.575. The van der Waals surface area contributed by atoms with Crippen LogP contribution in [0.15, 0.2) is 36.4 Å². The van der Waals surface area contributed by atoms with Gasteiger partial charge in [0.1, 0.15) is 6.61 Å². The average Bonchev–Trinajstić information content (AvgIpc) is 2.64. The van der Waals surface area contributed by atoms with Gasteiger partial charge in [-0.1, -0.05) is 42.5 Å². The van der Waals surface area contributed by atoms with Crippen LogP contribution in [0.5, 0.6) is 0 Å². The van der Waals surface area contributed by atoms with Crippen LogP contribution < -0.4 is 0 Å². The third kappa shape index (κ3) is 4.79. The summed E-state index contributed by atoms with van der Waals surface area (Å²) in [5, 5.41) is 2.36. The van der Waals surface area contributed by atoms with E-state index in [0.717, 1.165) is 23.8 Å². The minimum absolute atomic E-state index is 0. The lowest BCUT2D eigenvalue weighted by atomic mass is 9.81. The first kappa shape index (κ1) is 22.5. The highest BCUT2D eigenvalue weighted by Gasteiger charge is 2.36. The number of aryl methyl sites for hydroxylation is 1. The Labute approximate surface area is 175 Å². The lowest BCUT2D eigenvalue weighted by molar-refractivity contribution is -0.159. The number of methoxy groups -OCH3 is 1. The molecule has 0 heterocycles. The van der Waals surface area contributed by atoms with Gasteiger partial charge in [-0.05, 0) is 68.9 Å². The van der Waals surface area contributed by atoms with Gasteiger partial charge in [0, 0.05) is 12.7 Å². The monoisotopic (exact) mass is 400 g/mol. The molecule has 0 amide bonds. The number of benzene rings is 2. The molecule has 28 heavy (non-hydrogen) atoms. The molecule has 0 aliphatic heterocycles. The number of ether oxygens (including phenoxy) is 2. The van der Waals surface area contributed by atoms with E-state index in [1.165, 1.54) is 16.5 Å². The number of carbonyl (C=O) groups is 1. The summed E-state index contributed by atoms with van der Waals surface area (Å²) in [5.41, 5.74) is 2.67. The van der Waals surface area contributed by atoms with Crippen molar-refractivity contribution in [2.75, 3.05) is 7.11 Å². The molecule has 1 aliphatic rings. The predicted octanol–water partition coefficient (Wildman–Crippen LogP) is 5.80. The summed E-state index contributed by atoms with van der Waals surface area (Å²) < 4.78 is 11.3. The Morgan fingerprint density at radius 1 is 1.14 bits per heavy atom. The van der Waals surface area contributed by atoms with Gasteiger partial charge in [0.05, 0.1) is 11.0 Å². The lowest BCUT2D eigenvalue weighted by Crippen LogP contribution is -2.36. The molecule has 3 nitrogen and oxygen atoms in total. The number of carbonyl (C=O) groups excluding carboxylic acids is 1. The third-order valence-electron chi connectivity index (χ3n) is 5.47. The van der Waals surface area contributed by atoms with E-state index < -0.39 is 5.41 Å². The zero-order valence-corrected chi connectivity index (χ0v) is 18.6. The highest BCUT2D eigenvalue weighted by molar-refractivity contribution is 7.59. The van der Waals surface area contributed by atoms with Gasteiger partial charge in [0.25, 0.3) is 0 Å². The molecule has 0 spiro atoms. The highest BCUT2D eigenvalue weighted by atomic mass is 32.1. The summed E-state index contributed by atoms with van der Waals surface area (Å²) in [6.07, 6.45) is 7.07. The van der Waals surface area contributed by atoms with Crippen molar-refractivity contribution >= 4 is 36.3 Å². The van der Waals surface area contributed by atoms with E-state index in [0.29, 0.717) is 13.0 Å². The average molecular weight is 401 g/mol. The van der Waals surface area contributed by atoms with Gasteiger partial charge in [-0.25, -0.2) is 0 Å². The molecule has 0 bridgehead atoms. The summed E-state index contributed by atoms with van der Waals surface area (Å²) in [6, 6.07) is 10.6. The fourth-order valence-corrected chi connectivity index (χ4v) is 4.05. The maximum Gasteiger partial charge on any atom is 0.311 e. The van der Waals surface area contributed by atoms with Gasteiger partial charge < -0.3 is 9.47 Å². The topological polar surface area (TPSA) is 35.5 Å². The van der Waals surface area contributed by atoms with E-state index in [2.05, 4.69) is 36.4 Å². The lowest BCUT2D eigenvalue weighted by Gasteiger charge is -2.32. The van der Waals surface area contributed by atoms with Gasteiger partial charge in [-0.3, -0.25) is 4.79 Å². The second kappa shape index (κ2) is 8.71. The molecule has 152 valence electrons. The Kier molecular flexibility index (Phi) is 7.00. The first-order valence-electron chi connectivity index (χ1n) is 9.66. The summed E-state index contributed by atoms with van der Waals surface area (Å²) in [6.45, 7) is 8.13. The first-order chi connectivity index (χ1) is 12.7. The number of allylic oxidation sites excluding steroid dienone is 1. The maximum atomic E-state index is 12.8. The van der Waals surface area contributed by atoms with Crippen LogP contribution in [0.1, 0.15) is 57.2 Å². The smallest absolute Gasteiger partial charge is 0.311 e. The fourth-order valence-electron chi connectivity index (χ4n) is 4.05. The Hall–Kier alpha value is -1.78. The van der Waals surface area contributed by atoms with Crippen molar-refractivity contribution in [1.29, 1.82) is 0 Å². The molecule has 2 aromatic carbocycles. The molecular weight excluding hydrogens is 368 g/mol. The molecule has 0 N–H and O–H groups in total. The zero-order valence-electron chi connectivity index (χ0n) is 17.6. The van der Waals surface area contributed by atoms with E-state index in [1.807, 2.05) is 33.8 Å². The number of hydrogen-bond acceptors (Lipinski definition) is 3. The van der Waals surface area contributed by atoms with E-state index in [9.17, 15) is 4.79 Å². The molecule has 0 saturated carbocycles. The van der Waals surface area contributed by atoms with Crippen molar-refractivity contribution in [1.82, 2.24) is 0 Å². The predicted molar refractivity (Wildman–Crippen MR) is 121 cm³/mol. The van der Waals surface area contributed by atoms with Crippen LogP contribution in [0.2, 0.25) is 0 Å². The maximum absolute atomic E-state index is 12.8. The van der Waals surface area contributed by atoms with Crippen LogP contribution in [-0.2, 0) is 27.3 Å². The minimum Gasteiger partial charge on any atom is -0.460 e. The molecule has 2 aromatic rings. The normalized spacial score (nSPS) is 13.8. The van der Waals surface area contributed by atoms with Crippen LogP contribution >= 0.6 is 13.5 Å². The number of hydrogen-bond donors (Lipinski definition) is 0. The van der Waals surface area contributed by atoms with Crippen LogP contribution in [0, 0.1) is 5.41 Å². The summed E-state index contributed by atoms with van der Waals surface area (Å²) >= 11 is 0. The third-order valence-corrected chi connectivity index (χ3v) is 5.47. The Bertz CT molecular complexity index is 881. The SMILES string of the molecule is COC(C)(C)CC(C)(C)C(=O)OCc1c2c(cc3ccccc13)CCC=C2.S. The molecule has 0 unspecified atom stereocenters. The van der Waals surface area contributed by atoms with Gasteiger partial charge >= 0.3 is 5.97 Å². The molecule has 0 radical (unpaired) electrons. The van der Waals surface area contributed by atoms with Gasteiger partial charge in [0.15, 0.2) is 0 Å². The number of esters is 1. The van der Waals surface area contributed by atoms with Crippen LogP contribution in [0.25, 0.3) is 16.8 Å². The van der Waals surface area contributed by atoms with Crippen molar-refractivity contribution in [3.63, 3.8) is 0 Å². The molecule has 0 fully saturated rings. The number of rotatable bonds is 6. The molecule has 3 rings (SSSR count). The van der Waals surface area contributed by atoms with Crippen molar-refractivity contribution in [3.05, 3.63) is 53.1 Å². The van der Waals surface area contributed by atoms with Crippen molar-refractivity contribution in [3.8, 4) is 0 Å². The standard InChI is InChI=1S/C24H30O3.H2S/c1-23(2,16-24(3,4)26-5)22(25)27-15-21-19-12-8-6-10-17(19)14-18-11-7-9-13-20(18)21;/h6,8-10,12-14H,7,11,15-16H2,1-5H3;1H2. The zero-order chi connectivity index (χ0) is 19.7. The Morgan fingerprint density at radius 2 is 1.86 bits per heavy atom. The number of fused-ring (bicyclic) bond motifs is 2. The summed E-state index contributed by atoms with van der Waals surface area (Å²) in [7, 11) is 1.68. The van der Waals surface area contributed by atoms with Crippen LogP contribution in [-0.4, -0.2) is 18.7 Å². The van der Waals surface area contributed by atoms with Crippen LogP contribution in [0.3, 0.4) is 0 Å². The van der Waals surface area contributed by atoms with Crippen molar-refractivity contribution in [2.45, 2.75) is 59.2 Å². The molecular formula is C24H32O3S. The molecule has 0 aromatic heterocycles. The molecule has 4 heteroatoms. The van der Waals surface area contributed by atoms with E-state index in [1.54, 1.807) is 7.11 Å². The Morgan fingerprint density at radius 3 is 2.57 bits per heavy atom. The second-order valence-corrected chi connectivity index (χ2v) is 8.69. The van der Waals surface area contributed by atoms with Gasteiger partial charge in [0.2, 0.25) is 0 Å². The summed E-state index contributed by atoms with van der Waals surface area (Å²) in [5.74, 6) is -0.186. The largest absolute Gasteiger partial charge is 0.460 e. The van der Waals surface area contributed by atoms with E-state index in [4.69, 9.17) is 9.47 Å². The fraction of sp³-hybridized carbons (Fsp3) is 0.458. The highest BCUT2D eigenvalue weighted by Crippen LogP contribution is 2.34. The molecule has 0 atom stereocenters. The minimum atomic E-state index is -0.611. The first-order valence-corrected chi connectivity index (χ1v) is 9.66. The van der Waals surface area contributed by atoms with E-state index in [-0.39, 0.29) is 25.1 Å². The van der Waals surface area contributed by atoms with E-state index >= 15 is 0 Å². The van der Waals surface area contributed by atoms with Crippen LogP contribution in [0.4, 0.5) is 0 Å². The van der Waals surface area contributed by atoms with Gasteiger partial charge in [-0.2, -0.15) is 13.5 Å². The van der Waals surface area contributed by atoms with Crippen molar-refractivity contribution < 1.29 is 14.3 Å². The van der Waals surface area contributed by atoms with Gasteiger partial charge in [-0.15, -0.1) is 0 Å².